The Morgan fingerprint density at radius 2 is 1.97 bits per heavy atom. The maximum absolute atomic E-state index is 12.8. The molecule has 2 atom stereocenters. The number of carbonyl (C=O) groups excluding carboxylic acids is 2. The van der Waals surface area contributed by atoms with Crippen LogP contribution in [0.4, 0.5) is 11.4 Å². The molecule has 0 unspecified atom stereocenters. The summed E-state index contributed by atoms with van der Waals surface area (Å²) in [7, 11) is 1.59. The third kappa shape index (κ3) is 5.12. The molecule has 2 N–H and O–H groups in total. The number of nitrogens with one attached hydrogen (secondary N) is 2. The van der Waals surface area contributed by atoms with Gasteiger partial charge in [-0.05, 0) is 37.5 Å². The van der Waals surface area contributed by atoms with E-state index in [-0.39, 0.29) is 17.9 Å². The van der Waals surface area contributed by atoms with Gasteiger partial charge in [-0.25, -0.2) is 0 Å². The molecule has 1 aliphatic rings. The number of carbonyl (C=O) groups is 2. The highest BCUT2D eigenvalue weighted by Crippen LogP contribution is 2.34. The number of hydrogen-bond donors (Lipinski definition) is 2. The Morgan fingerprint density at radius 3 is 2.60 bits per heavy atom. The molecule has 1 saturated heterocycles. The van der Waals surface area contributed by atoms with E-state index in [1.807, 2.05) is 55.5 Å². The van der Waals surface area contributed by atoms with E-state index < -0.39 is 6.04 Å². The lowest BCUT2D eigenvalue weighted by molar-refractivity contribution is -0.122. The average Bonchev–Trinajstić information content (AvgIpc) is 3.19. The summed E-state index contributed by atoms with van der Waals surface area (Å²) in [5, 5.41) is 6.41. The van der Waals surface area contributed by atoms with Crippen LogP contribution in [0.5, 0.6) is 5.75 Å². The maximum atomic E-state index is 12.8. The van der Waals surface area contributed by atoms with Gasteiger partial charge in [0.15, 0.2) is 0 Å². The predicted octanol–water partition coefficient (Wildman–Crippen LogP) is 4.28. The fourth-order valence-corrected chi connectivity index (χ4v) is 3.80. The first-order chi connectivity index (χ1) is 14.5. The van der Waals surface area contributed by atoms with Gasteiger partial charge in [-0.3, -0.25) is 9.59 Å². The maximum Gasteiger partial charge on any atom is 0.242 e. The van der Waals surface area contributed by atoms with Crippen LogP contribution in [0.1, 0.15) is 51.1 Å². The van der Waals surface area contributed by atoms with Gasteiger partial charge < -0.3 is 20.3 Å². The number of ether oxygens (including phenoxy) is 1. The Labute approximate surface area is 178 Å². The van der Waals surface area contributed by atoms with Crippen LogP contribution in [-0.4, -0.2) is 31.5 Å². The number of methoxy groups -OCH3 is 1. The van der Waals surface area contributed by atoms with Crippen molar-refractivity contribution >= 4 is 23.2 Å². The Balaban J connectivity index is 1.67. The minimum absolute atomic E-state index is 0.00830. The molecular formula is C24H31N3O3. The van der Waals surface area contributed by atoms with E-state index in [2.05, 4.69) is 17.6 Å². The first kappa shape index (κ1) is 21.7. The second-order valence-corrected chi connectivity index (χ2v) is 7.66. The van der Waals surface area contributed by atoms with E-state index in [1.54, 1.807) is 12.0 Å². The number of benzene rings is 2. The van der Waals surface area contributed by atoms with Crippen LogP contribution in [0.2, 0.25) is 0 Å². The minimum atomic E-state index is -0.419. The Hall–Kier alpha value is -3.02. The van der Waals surface area contributed by atoms with Crippen molar-refractivity contribution in [2.75, 3.05) is 23.9 Å². The van der Waals surface area contributed by atoms with Gasteiger partial charge in [0.05, 0.1) is 18.8 Å². The quantitative estimate of drug-likeness (QED) is 0.649. The highest BCUT2D eigenvalue weighted by Gasteiger charge is 2.25. The molecule has 6 heteroatoms. The molecule has 1 heterocycles. The van der Waals surface area contributed by atoms with Crippen LogP contribution in [0, 0.1) is 0 Å². The molecule has 30 heavy (non-hydrogen) atoms. The largest absolute Gasteiger partial charge is 0.494 e. The highest BCUT2D eigenvalue weighted by atomic mass is 16.5. The summed E-state index contributed by atoms with van der Waals surface area (Å²) >= 11 is 0. The second kappa shape index (κ2) is 10.1. The monoisotopic (exact) mass is 409 g/mol. The number of amides is 2. The van der Waals surface area contributed by atoms with Crippen LogP contribution in [0.25, 0.3) is 0 Å². The van der Waals surface area contributed by atoms with E-state index in [0.717, 1.165) is 36.2 Å². The lowest BCUT2D eigenvalue weighted by Gasteiger charge is -2.23. The van der Waals surface area contributed by atoms with E-state index in [4.69, 9.17) is 4.74 Å². The average molecular weight is 410 g/mol. The molecule has 0 aliphatic carbocycles. The summed E-state index contributed by atoms with van der Waals surface area (Å²) in [6.45, 7) is 4.66. The molecule has 160 valence electrons. The van der Waals surface area contributed by atoms with Crippen LogP contribution in [-0.2, 0) is 9.59 Å². The zero-order chi connectivity index (χ0) is 21.5. The van der Waals surface area contributed by atoms with Gasteiger partial charge >= 0.3 is 0 Å². The van der Waals surface area contributed by atoms with Gasteiger partial charge in [0.25, 0.3) is 0 Å². The number of rotatable bonds is 9. The molecule has 1 aliphatic heterocycles. The van der Waals surface area contributed by atoms with Gasteiger partial charge in [-0.2, -0.15) is 0 Å². The van der Waals surface area contributed by atoms with Gasteiger partial charge in [-0.1, -0.05) is 43.7 Å². The first-order valence-corrected chi connectivity index (χ1v) is 10.6. The van der Waals surface area contributed by atoms with Crippen LogP contribution in [0.15, 0.2) is 48.5 Å². The summed E-state index contributed by atoms with van der Waals surface area (Å²) in [5.41, 5.74) is 2.66. The molecule has 0 spiro atoms. The van der Waals surface area contributed by atoms with E-state index >= 15 is 0 Å². The predicted molar refractivity (Wildman–Crippen MR) is 120 cm³/mol. The van der Waals surface area contributed by atoms with Gasteiger partial charge in [0.2, 0.25) is 11.8 Å². The fourth-order valence-electron chi connectivity index (χ4n) is 3.80. The number of anilines is 2. The van der Waals surface area contributed by atoms with Crippen LogP contribution >= 0.6 is 0 Å². The lowest BCUT2D eigenvalue weighted by Crippen LogP contribution is -2.39. The summed E-state index contributed by atoms with van der Waals surface area (Å²) in [6.07, 6.45) is 3.30. The minimum Gasteiger partial charge on any atom is -0.494 e. The molecule has 0 radical (unpaired) electrons. The molecule has 0 bridgehead atoms. The standard InChI is InChI=1S/C24H31N3O3/c1-4-9-20(18-10-6-5-7-11-18)26-24(29)17(2)25-19-13-14-21(22(16-19)30-3)27-15-8-12-23(27)28/h5-7,10-11,13-14,16-17,20,25H,4,8-9,12,15H2,1-3H3,(H,26,29)/t17-,20-/m1/s1. The van der Waals surface area contributed by atoms with Crippen molar-refractivity contribution in [3.05, 3.63) is 54.1 Å². The van der Waals surface area contributed by atoms with E-state index in [9.17, 15) is 9.59 Å². The summed E-state index contributed by atoms with van der Waals surface area (Å²) in [5.74, 6) is 0.677. The molecule has 1 fully saturated rings. The molecule has 2 aromatic rings. The zero-order valence-corrected chi connectivity index (χ0v) is 18.0. The van der Waals surface area contributed by atoms with Crippen molar-refractivity contribution in [3.8, 4) is 5.75 Å². The Morgan fingerprint density at radius 1 is 1.20 bits per heavy atom. The van der Waals surface area contributed by atoms with E-state index in [0.29, 0.717) is 18.7 Å². The Kier molecular flexibility index (Phi) is 7.33. The normalized spacial score (nSPS) is 15.6. The first-order valence-electron chi connectivity index (χ1n) is 10.6. The van der Waals surface area contributed by atoms with Crippen molar-refractivity contribution in [2.24, 2.45) is 0 Å². The van der Waals surface area contributed by atoms with Gasteiger partial charge in [0, 0.05) is 24.7 Å². The number of nitrogens with zero attached hydrogens (tertiary/aromatic N) is 1. The molecule has 3 rings (SSSR count). The van der Waals surface area contributed by atoms with Crippen molar-refractivity contribution in [2.45, 2.75) is 51.6 Å². The molecular weight excluding hydrogens is 378 g/mol. The highest BCUT2D eigenvalue weighted by molar-refractivity contribution is 5.97. The van der Waals surface area contributed by atoms with Crippen LogP contribution < -0.4 is 20.3 Å². The van der Waals surface area contributed by atoms with Gasteiger partial charge in [0.1, 0.15) is 11.8 Å². The molecule has 2 amide bonds. The molecule has 0 saturated carbocycles. The van der Waals surface area contributed by atoms with Gasteiger partial charge in [-0.15, -0.1) is 0 Å². The van der Waals surface area contributed by atoms with Crippen molar-refractivity contribution in [3.63, 3.8) is 0 Å². The topological polar surface area (TPSA) is 70.7 Å². The zero-order valence-electron chi connectivity index (χ0n) is 18.0. The van der Waals surface area contributed by atoms with Crippen molar-refractivity contribution < 1.29 is 14.3 Å². The summed E-state index contributed by atoms with van der Waals surface area (Å²) in [6, 6.07) is 15.2. The summed E-state index contributed by atoms with van der Waals surface area (Å²) in [4.78, 5) is 26.6. The fraction of sp³-hybridized carbons (Fsp3) is 0.417. The third-order valence-corrected chi connectivity index (χ3v) is 5.42. The summed E-state index contributed by atoms with van der Waals surface area (Å²) < 4.78 is 5.51. The Bertz CT molecular complexity index is 869. The smallest absolute Gasteiger partial charge is 0.242 e. The SMILES string of the molecule is CCC[C@@H](NC(=O)[C@@H](C)Nc1ccc(N2CCCC2=O)c(OC)c1)c1ccccc1. The van der Waals surface area contributed by atoms with Crippen LogP contribution in [0.3, 0.4) is 0 Å². The molecule has 0 aromatic heterocycles. The third-order valence-electron chi connectivity index (χ3n) is 5.42. The molecule has 6 nitrogen and oxygen atoms in total. The lowest BCUT2D eigenvalue weighted by atomic mass is 10.0. The number of hydrogen-bond acceptors (Lipinski definition) is 4. The van der Waals surface area contributed by atoms with Crippen molar-refractivity contribution in [1.29, 1.82) is 0 Å². The van der Waals surface area contributed by atoms with E-state index in [1.165, 1.54) is 0 Å². The van der Waals surface area contributed by atoms with Crippen molar-refractivity contribution in [1.82, 2.24) is 5.32 Å². The second-order valence-electron chi connectivity index (χ2n) is 7.66. The molecule has 2 aromatic carbocycles.